The lowest BCUT2D eigenvalue weighted by atomic mass is 10.1. The van der Waals surface area contributed by atoms with E-state index in [0.29, 0.717) is 23.6 Å². The molecule has 1 aromatic heterocycles. The van der Waals surface area contributed by atoms with Crippen LogP contribution in [-0.4, -0.2) is 22.0 Å². The first-order valence-corrected chi connectivity index (χ1v) is 6.37. The summed E-state index contributed by atoms with van der Waals surface area (Å²) in [5.74, 6) is -0.325. The molecule has 0 aliphatic carbocycles. The van der Waals surface area contributed by atoms with Crippen LogP contribution in [0.15, 0.2) is 36.7 Å². The molecule has 0 fully saturated rings. The third-order valence-corrected chi connectivity index (χ3v) is 3.31. The Hall–Kier alpha value is -2.77. The number of carbonyl (C=O) groups is 1. The molecule has 22 heavy (non-hydrogen) atoms. The maximum absolute atomic E-state index is 12.8. The molecular weight excluding hydrogens is 297 g/mol. The molecule has 0 bridgehead atoms. The summed E-state index contributed by atoms with van der Waals surface area (Å²) < 4.78 is 40.0. The Balaban J connectivity index is 2.08. The second-order valence-electron chi connectivity index (χ2n) is 4.72. The van der Waals surface area contributed by atoms with Gasteiger partial charge in [0.15, 0.2) is 5.69 Å². The predicted molar refractivity (Wildman–Crippen MR) is 74.1 cm³/mol. The topological polar surface area (TPSA) is 72.9 Å². The van der Waals surface area contributed by atoms with Crippen molar-refractivity contribution >= 4 is 17.4 Å². The fourth-order valence-corrected chi connectivity index (χ4v) is 2.33. The van der Waals surface area contributed by atoms with Crippen LogP contribution in [0.3, 0.4) is 0 Å². The number of fused-ring (bicyclic) bond motifs is 1. The van der Waals surface area contributed by atoms with Crippen molar-refractivity contribution < 1.29 is 18.0 Å². The Bertz CT molecular complexity index is 777. The summed E-state index contributed by atoms with van der Waals surface area (Å²) in [5.41, 5.74) is 5.44. The molecular formula is C14H11F3N4O. The number of imidazole rings is 1. The number of benzene rings is 1. The lowest BCUT2D eigenvalue weighted by molar-refractivity contribution is -0.137. The normalized spacial score (nSPS) is 14.0. The number of hydrogen-bond donors (Lipinski definition) is 2. The quantitative estimate of drug-likeness (QED) is 0.894. The van der Waals surface area contributed by atoms with Gasteiger partial charge in [-0.3, -0.25) is 9.36 Å². The fourth-order valence-electron chi connectivity index (χ4n) is 2.33. The number of nitrogens with zero attached hydrogens (tertiary/aromatic N) is 2. The van der Waals surface area contributed by atoms with E-state index >= 15 is 0 Å². The van der Waals surface area contributed by atoms with E-state index in [9.17, 15) is 18.0 Å². The highest BCUT2D eigenvalue weighted by molar-refractivity contribution is 5.97. The van der Waals surface area contributed by atoms with E-state index in [2.05, 4.69) is 10.3 Å². The molecule has 8 heteroatoms. The predicted octanol–water partition coefficient (Wildman–Crippen LogP) is 2.32. The standard InChI is InChI=1S/C14H11F3N4O/c15-14(16,17)9-3-1-2-8(6-9)10-4-5-19-13-11(12(18)22)20-7-21(10)13/h1-4,6-7,19H,5H2,(H2,18,22). The van der Waals surface area contributed by atoms with Crippen molar-refractivity contribution in [3.05, 3.63) is 53.5 Å². The second-order valence-corrected chi connectivity index (χ2v) is 4.72. The van der Waals surface area contributed by atoms with E-state index in [1.807, 2.05) is 0 Å². The Kier molecular flexibility index (Phi) is 3.16. The molecule has 0 saturated heterocycles. The third-order valence-electron chi connectivity index (χ3n) is 3.31. The number of aromatic nitrogens is 2. The summed E-state index contributed by atoms with van der Waals surface area (Å²) in [7, 11) is 0. The minimum Gasteiger partial charge on any atom is -0.366 e. The van der Waals surface area contributed by atoms with Gasteiger partial charge in [-0.25, -0.2) is 4.98 Å². The van der Waals surface area contributed by atoms with Gasteiger partial charge in [0.05, 0.1) is 11.3 Å². The molecule has 0 saturated carbocycles. The minimum absolute atomic E-state index is 0.0533. The van der Waals surface area contributed by atoms with E-state index in [1.165, 1.54) is 17.0 Å². The number of anilines is 1. The molecule has 0 unspecified atom stereocenters. The van der Waals surface area contributed by atoms with Crippen LogP contribution in [-0.2, 0) is 6.18 Å². The molecule has 1 aliphatic heterocycles. The first-order valence-electron chi connectivity index (χ1n) is 6.37. The van der Waals surface area contributed by atoms with Crippen LogP contribution in [0.2, 0.25) is 0 Å². The summed E-state index contributed by atoms with van der Waals surface area (Å²) in [5, 5.41) is 2.94. The number of primary amides is 1. The first kappa shape index (κ1) is 14.2. The molecule has 1 aromatic carbocycles. The number of halogens is 3. The largest absolute Gasteiger partial charge is 0.416 e. The van der Waals surface area contributed by atoms with Crippen LogP contribution < -0.4 is 11.1 Å². The lowest BCUT2D eigenvalue weighted by Gasteiger charge is -2.20. The Morgan fingerprint density at radius 3 is 2.82 bits per heavy atom. The molecule has 2 heterocycles. The summed E-state index contributed by atoms with van der Waals surface area (Å²) in [6, 6.07) is 4.98. The number of nitrogens with two attached hydrogens (primary N) is 1. The van der Waals surface area contributed by atoms with Gasteiger partial charge in [0.25, 0.3) is 5.91 Å². The van der Waals surface area contributed by atoms with Gasteiger partial charge in [-0.15, -0.1) is 0 Å². The Morgan fingerprint density at radius 2 is 2.14 bits per heavy atom. The molecule has 3 rings (SSSR count). The number of carbonyl (C=O) groups excluding carboxylic acids is 1. The molecule has 0 radical (unpaired) electrons. The van der Waals surface area contributed by atoms with Gasteiger partial charge in [0.2, 0.25) is 0 Å². The molecule has 1 amide bonds. The lowest BCUT2D eigenvalue weighted by Crippen LogP contribution is -2.19. The average Bonchev–Trinajstić information content (AvgIpc) is 2.90. The smallest absolute Gasteiger partial charge is 0.366 e. The van der Waals surface area contributed by atoms with Crippen LogP contribution in [0.4, 0.5) is 19.0 Å². The molecule has 5 nitrogen and oxygen atoms in total. The monoisotopic (exact) mass is 308 g/mol. The van der Waals surface area contributed by atoms with Crippen molar-refractivity contribution in [2.45, 2.75) is 6.18 Å². The van der Waals surface area contributed by atoms with Crippen molar-refractivity contribution in [2.24, 2.45) is 5.73 Å². The third kappa shape index (κ3) is 2.32. The van der Waals surface area contributed by atoms with E-state index in [-0.39, 0.29) is 5.69 Å². The summed E-state index contributed by atoms with van der Waals surface area (Å²) in [4.78, 5) is 15.2. The van der Waals surface area contributed by atoms with E-state index in [4.69, 9.17) is 5.73 Å². The van der Waals surface area contributed by atoms with Crippen molar-refractivity contribution in [1.82, 2.24) is 9.55 Å². The van der Waals surface area contributed by atoms with E-state index < -0.39 is 17.6 Å². The minimum atomic E-state index is -4.42. The highest BCUT2D eigenvalue weighted by atomic mass is 19.4. The van der Waals surface area contributed by atoms with Crippen LogP contribution in [0, 0.1) is 0 Å². The Labute approximate surface area is 123 Å². The SMILES string of the molecule is NC(=O)c1ncn2c1NCC=C2c1cccc(C(F)(F)F)c1. The molecule has 0 atom stereocenters. The van der Waals surface area contributed by atoms with Crippen molar-refractivity contribution in [2.75, 3.05) is 11.9 Å². The molecule has 0 spiro atoms. The average molecular weight is 308 g/mol. The molecule has 2 aromatic rings. The van der Waals surface area contributed by atoms with Crippen molar-refractivity contribution in [3.63, 3.8) is 0 Å². The fraction of sp³-hybridized carbons (Fsp3) is 0.143. The first-order chi connectivity index (χ1) is 10.4. The molecule has 1 aliphatic rings. The van der Waals surface area contributed by atoms with Gasteiger partial charge >= 0.3 is 6.18 Å². The zero-order valence-electron chi connectivity index (χ0n) is 11.2. The van der Waals surface area contributed by atoms with Crippen LogP contribution in [0.5, 0.6) is 0 Å². The van der Waals surface area contributed by atoms with Crippen LogP contribution in [0.1, 0.15) is 21.6 Å². The van der Waals surface area contributed by atoms with Gasteiger partial charge < -0.3 is 11.1 Å². The number of rotatable bonds is 2. The zero-order chi connectivity index (χ0) is 15.9. The summed E-state index contributed by atoms with van der Waals surface area (Å²) in [6.45, 7) is 0.359. The highest BCUT2D eigenvalue weighted by Gasteiger charge is 2.31. The number of amides is 1. The maximum atomic E-state index is 12.8. The van der Waals surface area contributed by atoms with Gasteiger partial charge in [0.1, 0.15) is 12.1 Å². The second kappa shape index (κ2) is 4.90. The number of nitrogens with one attached hydrogen (secondary N) is 1. The van der Waals surface area contributed by atoms with Crippen LogP contribution in [0.25, 0.3) is 5.70 Å². The van der Waals surface area contributed by atoms with Gasteiger partial charge in [-0.1, -0.05) is 12.1 Å². The van der Waals surface area contributed by atoms with Gasteiger partial charge in [-0.05, 0) is 23.8 Å². The summed E-state index contributed by atoms with van der Waals surface area (Å²) >= 11 is 0. The zero-order valence-corrected chi connectivity index (χ0v) is 11.2. The highest BCUT2D eigenvalue weighted by Crippen LogP contribution is 2.33. The maximum Gasteiger partial charge on any atom is 0.416 e. The van der Waals surface area contributed by atoms with Gasteiger partial charge in [0, 0.05) is 6.54 Å². The number of hydrogen-bond acceptors (Lipinski definition) is 3. The van der Waals surface area contributed by atoms with E-state index in [0.717, 1.165) is 12.1 Å². The van der Waals surface area contributed by atoms with Gasteiger partial charge in [-0.2, -0.15) is 13.2 Å². The molecule has 3 N–H and O–H groups in total. The number of alkyl halides is 3. The van der Waals surface area contributed by atoms with Crippen molar-refractivity contribution in [3.8, 4) is 0 Å². The summed E-state index contributed by atoms with van der Waals surface area (Å²) in [6.07, 6.45) is -1.34. The van der Waals surface area contributed by atoms with Crippen molar-refractivity contribution in [1.29, 1.82) is 0 Å². The van der Waals surface area contributed by atoms with Crippen LogP contribution >= 0.6 is 0 Å². The molecule has 114 valence electrons. The van der Waals surface area contributed by atoms with E-state index in [1.54, 1.807) is 12.1 Å². The Morgan fingerprint density at radius 1 is 1.36 bits per heavy atom.